The lowest BCUT2D eigenvalue weighted by Crippen LogP contribution is -2.40. The van der Waals surface area contributed by atoms with Crippen molar-refractivity contribution in [2.45, 2.75) is 46.7 Å². The number of hydrogen-bond acceptors (Lipinski definition) is 5. The lowest BCUT2D eigenvalue weighted by molar-refractivity contribution is 0.589. The zero-order chi connectivity index (χ0) is 13.9. The fourth-order valence-electron chi connectivity index (χ4n) is 2.37. The number of thioether (sulfide) groups is 5. The lowest BCUT2D eigenvalue weighted by Gasteiger charge is -2.44. The van der Waals surface area contributed by atoms with E-state index in [1.54, 1.807) is 4.90 Å². The molecule has 4 fully saturated rings. The van der Waals surface area contributed by atoms with E-state index in [9.17, 15) is 0 Å². The second kappa shape index (κ2) is 5.45. The van der Waals surface area contributed by atoms with Crippen LogP contribution in [0.15, 0.2) is 29.2 Å². The molecular weight excluding hydrogens is 361 g/mol. The van der Waals surface area contributed by atoms with Gasteiger partial charge in [0.2, 0.25) is 7.83 Å². The summed E-state index contributed by atoms with van der Waals surface area (Å²) >= 11 is 11.0. The topological polar surface area (TPSA) is 0 Å². The summed E-state index contributed by atoms with van der Waals surface area (Å²) in [6.07, 6.45) is 0. The molecule has 4 heterocycles. The van der Waals surface area contributed by atoms with E-state index in [1.807, 2.05) is 0 Å². The first kappa shape index (κ1) is 14.9. The van der Waals surface area contributed by atoms with Gasteiger partial charge in [-0.25, -0.2) is 0 Å². The predicted molar refractivity (Wildman–Crippen MR) is 104 cm³/mol. The van der Waals surface area contributed by atoms with Crippen LogP contribution in [-0.4, -0.2) is 15.7 Å². The summed E-state index contributed by atoms with van der Waals surface area (Å²) in [6.45, 7) is 6.88. The van der Waals surface area contributed by atoms with Crippen molar-refractivity contribution in [2.24, 2.45) is 0 Å². The van der Waals surface area contributed by atoms with Gasteiger partial charge in [-0.3, -0.25) is 0 Å². The van der Waals surface area contributed by atoms with Crippen LogP contribution >= 0.6 is 58.8 Å². The Kier molecular flexibility index (Phi) is 4.05. The Bertz CT molecular complexity index is 477. The maximum Gasteiger partial charge on any atom is 0.220 e. The van der Waals surface area contributed by atoms with Gasteiger partial charge in [0.1, 0.15) is 7.83 Å². The van der Waals surface area contributed by atoms with Crippen LogP contribution in [0.1, 0.15) is 26.3 Å². The van der Waals surface area contributed by atoms with Crippen LogP contribution in [0, 0.1) is 0 Å². The van der Waals surface area contributed by atoms with Gasteiger partial charge in [0, 0.05) is 0 Å². The van der Waals surface area contributed by atoms with Gasteiger partial charge in [0.25, 0.3) is 0 Å². The highest BCUT2D eigenvalue weighted by atomic mass is 32.4. The van der Waals surface area contributed by atoms with Crippen LogP contribution in [0.3, 0.4) is 0 Å². The molecule has 0 N–H and O–H groups in total. The molecule has 0 amide bonds. The highest BCUT2D eigenvalue weighted by Gasteiger charge is 2.59. The van der Waals surface area contributed by atoms with Crippen LogP contribution < -0.4 is 0 Å². The van der Waals surface area contributed by atoms with Gasteiger partial charge in [0.15, 0.2) is 4.90 Å². The molecule has 4 bridgehead atoms. The minimum atomic E-state index is 0.259. The third kappa shape index (κ3) is 2.67. The van der Waals surface area contributed by atoms with E-state index in [0.717, 1.165) is 15.7 Å². The third-order valence-corrected chi connectivity index (χ3v) is 16.5. The van der Waals surface area contributed by atoms with E-state index < -0.39 is 0 Å². The average Bonchev–Trinajstić information content (AvgIpc) is 2.37. The minimum Gasteiger partial charge on any atom is -0.110 e. The molecule has 0 nitrogen and oxygen atoms in total. The second-order valence-corrected chi connectivity index (χ2v) is 17.8. The Morgan fingerprint density at radius 2 is 1.30 bits per heavy atom. The molecule has 0 aliphatic carbocycles. The Labute approximate surface area is 145 Å². The second-order valence-electron chi connectivity index (χ2n) is 5.98. The fraction of sp³-hybridized carbons (Fsp3) is 0.571. The number of hydrogen-bond donors (Lipinski definition) is 0. The molecule has 0 atom stereocenters. The van der Waals surface area contributed by atoms with E-state index >= 15 is 0 Å². The number of rotatable bonds is 1. The third-order valence-electron chi connectivity index (χ3n) is 3.52. The molecule has 1 aromatic carbocycles. The Morgan fingerprint density at radius 1 is 0.800 bits per heavy atom. The standard InChI is InChI=1S/C14H17S6/c1-14(2,3)8-4-6-9(7-5-8)20-12-16-10-15-11(18-12)19-13(20)17-10/h4-7,10-13H,1-3H3/q+1. The highest BCUT2D eigenvalue weighted by molar-refractivity contribution is 8.61. The van der Waals surface area contributed by atoms with Crippen molar-refractivity contribution >= 4 is 69.7 Å². The van der Waals surface area contributed by atoms with Gasteiger partial charge >= 0.3 is 0 Å². The van der Waals surface area contributed by atoms with Crippen LogP contribution in [0.2, 0.25) is 0 Å². The molecule has 4 saturated heterocycles. The lowest BCUT2D eigenvalue weighted by atomic mass is 9.87. The van der Waals surface area contributed by atoms with Crippen molar-refractivity contribution in [1.29, 1.82) is 0 Å². The highest BCUT2D eigenvalue weighted by Crippen LogP contribution is 2.71. The van der Waals surface area contributed by atoms with E-state index in [1.165, 1.54) is 5.56 Å². The van der Waals surface area contributed by atoms with Crippen molar-refractivity contribution in [2.75, 3.05) is 0 Å². The molecule has 0 aromatic heterocycles. The van der Waals surface area contributed by atoms with Gasteiger partial charge in [-0.05, 0) is 23.1 Å². The van der Waals surface area contributed by atoms with E-state index in [0.29, 0.717) is 10.9 Å². The predicted octanol–water partition coefficient (Wildman–Crippen LogP) is 5.80. The van der Waals surface area contributed by atoms with Crippen LogP contribution in [0.25, 0.3) is 0 Å². The van der Waals surface area contributed by atoms with Gasteiger partial charge in [0.05, 0.1) is 10.9 Å². The first-order valence-corrected chi connectivity index (χ1v) is 12.7. The van der Waals surface area contributed by atoms with Crippen LogP contribution in [0.5, 0.6) is 0 Å². The van der Waals surface area contributed by atoms with Crippen molar-refractivity contribution in [1.82, 2.24) is 0 Å². The maximum atomic E-state index is 2.40. The number of benzene rings is 1. The van der Waals surface area contributed by atoms with Gasteiger partial charge < -0.3 is 0 Å². The van der Waals surface area contributed by atoms with Crippen molar-refractivity contribution in [3.8, 4) is 0 Å². The normalized spacial score (nSPS) is 39.2. The van der Waals surface area contributed by atoms with Crippen LogP contribution in [-0.2, 0) is 16.3 Å². The Balaban J connectivity index is 1.61. The van der Waals surface area contributed by atoms with Gasteiger partial charge in [-0.2, -0.15) is 0 Å². The van der Waals surface area contributed by atoms with Gasteiger partial charge in [-0.15, -0.1) is 11.8 Å². The van der Waals surface area contributed by atoms with Crippen LogP contribution in [0.4, 0.5) is 0 Å². The molecular formula is C14H17S6+. The fourth-order valence-corrected chi connectivity index (χ4v) is 22.7. The minimum absolute atomic E-state index is 0.259. The van der Waals surface area contributed by atoms with Crippen molar-refractivity contribution < 1.29 is 0 Å². The molecule has 0 radical (unpaired) electrons. The first-order chi connectivity index (χ1) is 9.50. The largest absolute Gasteiger partial charge is 0.220 e. The molecule has 6 heteroatoms. The Morgan fingerprint density at radius 3 is 1.75 bits per heavy atom. The summed E-state index contributed by atoms with van der Waals surface area (Å²) in [5.41, 5.74) is 1.71. The molecule has 4 aliphatic heterocycles. The Hall–Kier alpha value is 1.32. The smallest absolute Gasteiger partial charge is 0.110 e. The van der Waals surface area contributed by atoms with E-state index in [2.05, 4.69) is 104 Å². The van der Waals surface area contributed by atoms with Crippen molar-refractivity contribution in [3.05, 3.63) is 29.8 Å². The monoisotopic (exact) mass is 377 g/mol. The summed E-state index contributed by atoms with van der Waals surface area (Å²) in [6, 6.07) is 9.52. The van der Waals surface area contributed by atoms with Gasteiger partial charge in [-0.1, -0.05) is 80.0 Å². The molecule has 4 aliphatic rings. The summed E-state index contributed by atoms with van der Waals surface area (Å²) in [5, 5.41) is 0. The first-order valence-electron chi connectivity index (χ1n) is 6.60. The molecule has 0 saturated carbocycles. The molecule has 1 aromatic rings. The maximum absolute atomic E-state index is 2.40. The SMILES string of the molecule is CC(C)(C)c1ccc([S+]2C3SC4SC(S3)SC2S4)cc1. The molecule has 0 spiro atoms. The zero-order valence-corrected chi connectivity index (χ0v) is 16.5. The molecule has 0 unspecified atom stereocenters. The summed E-state index contributed by atoms with van der Waals surface area (Å²) in [5.74, 6) is 0. The summed E-state index contributed by atoms with van der Waals surface area (Å²) in [7, 11) is 0.409. The van der Waals surface area contributed by atoms with E-state index in [-0.39, 0.29) is 5.41 Å². The average molecular weight is 378 g/mol. The summed E-state index contributed by atoms with van der Waals surface area (Å²) in [4.78, 5) is 1.58. The zero-order valence-electron chi connectivity index (χ0n) is 11.6. The molecule has 5 rings (SSSR count). The van der Waals surface area contributed by atoms with E-state index in [4.69, 9.17) is 0 Å². The van der Waals surface area contributed by atoms with Crippen molar-refractivity contribution in [3.63, 3.8) is 0 Å². The summed E-state index contributed by atoms with van der Waals surface area (Å²) < 4.78 is 3.21. The molecule has 20 heavy (non-hydrogen) atoms. The quantitative estimate of drug-likeness (QED) is 0.565. The molecule has 108 valence electrons.